The molecule has 150 valence electrons. The van der Waals surface area contributed by atoms with Crippen molar-refractivity contribution in [3.05, 3.63) is 54.1 Å². The third-order valence-electron chi connectivity index (χ3n) is 4.00. The molecule has 0 atom stereocenters. The van der Waals surface area contributed by atoms with Crippen LogP contribution < -0.4 is 14.2 Å². The lowest BCUT2D eigenvalue weighted by Crippen LogP contribution is -2.31. The van der Waals surface area contributed by atoms with Gasteiger partial charge in [0.1, 0.15) is 17.2 Å². The van der Waals surface area contributed by atoms with E-state index in [1.165, 1.54) is 4.90 Å². The molecular weight excluding hydrogens is 362 g/mol. The molecule has 0 unspecified atom stereocenters. The van der Waals surface area contributed by atoms with Crippen molar-refractivity contribution in [3.8, 4) is 17.2 Å². The zero-order valence-electron chi connectivity index (χ0n) is 16.3. The zero-order chi connectivity index (χ0) is 20.4. The number of carbonyl (C=O) groups excluding carboxylic acids is 2. The highest BCUT2D eigenvalue weighted by molar-refractivity contribution is 5.80. The number of ether oxygens (including phenoxy) is 4. The van der Waals surface area contributed by atoms with Crippen LogP contribution in [0, 0.1) is 0 Å². The summed E-state index contributed by atoms with van der Waals surface area (Å²) in [5.41, 5.74) is 0.955. The predicted molar refractivity (Wildman–Crippen MR) is 104 cm³/mol. The Morgan fingerprint density at radius 2 is 1.39 bits per heavy atom. The number of amides is 1. The van der Waals surface area contributed by atoms with Crippen LogP contribution in [0.2, 0.25) is 0 Å². The van der Waals surface area contributed by atoms with Gasteiger partial charge in [-0.3, -0.25) is 9.59 Å². The van der Waals surface area contributed by atoms with Crippen molar-refractivity contribution in [3.63, 3.8) is 0 Å². The number of esters is 1. The van der Waals surface area contributed by atoms with E-state index in [2.05, 4.69) is 0 Å². The first kappa shape index (κ1) is 21.1. The maximum atomic E-state index is 12.1. The van der Waals surface area contributed by atoms with Gasteiger partial charge in [-0.05, 0) is 42.0 Å². The molecule has 2 aromatic carbocycles. The molecule has 7 nitrogen and oxygen atoms in total. The fraction of sp³-hybridized carbons (Fsp3) is 0.333. The molecule has 0 spiro atoms. The molecule has 0 bridgehead atoms. The number of benzene rings is 2. The number of nitrogens with zero attached hydrogens (tertiary/aromatic N) is 1. The number of methoxy groups -OCH3 is 2. The number of hydrogen-bond donors (Lipinski definition) is 0. The van der Waals surface area contributed by atoms with Crippen molar-refractivity contribution >= 4 is 11.9 Å². The van der Waals surface area contributed by atoms with E-state index < -0.39 is 5.97 Å². The Labute approximate surface area is 164 Å². The van der Waals surface area contributed by atoms with E-state index in [1.54, 1.807) is 45.5 Å². The Morgan fingerprint density at radius 1 is 0.857 bits per heavy atom. The minimum atomic E-state index is -0.486. The highest BCUT2D eigenvalue weighted by Gasteiger charge is 2.13. The second-order valence-corrected chi connectivity index (χ2v) is 6.03. The van der Waals surface area contributed by atoms with E-state index in [4.69, 9.17) is 18.9 Å². The van der Waals surface area contributed by atoms with Gasteiger partial charge in [0, 0.05) is 13.6 Å². The van der Waals surface area contributed by atoms with E-state index in [0.717, 1.165) is 17.1 Å². The monoisotopic (exact) mass is 387 g/mol. The van der Waals surface area contributed by atoms with Crippen molar-refractivity contribution in [1.82, 2.24) is 4.90 Å². The van der Waals surface area contributed by atoms with Crippen molar-refractivity contribution < 1.29 is 28.5 Å². The molecule has 0 saturated heterocycles. The summed E-state index contributed by atoms with van der Waals surface area (Å²) in [5, 5.41) is 0. The number of likely N-dealkylation sites (N-methyl/N-ethyl adjacent to an activating group) is 1. The largest absolute Gasteiger partial charge is 0.497 e. The first-order valence-electron chi connectivity index (χ1n) is 8.81. The average Bonchev–Trinajstić information content (AvgIpc) is 2.73. The predicted octanol–water partition coefficient (Wildman–Crippen LogP) is 2.67. The van der Waals surface area contributed by atoms with Gasteiger partial charge in [-0.15, -0.1) is 0 Å². The summed E-state index contributed by atoms with van der Waals surface area (Å²) in [6.07, 6.45) is 0.0570. The molecule has 0 aliphatic heterocycles. The summed E-state index contributed by atoms with van der Waals surface area (Å²) < 4.78 is 20.7. The maximum Gasteiger partial charge on any atom is 0.309 e. The first-order chi connectivity index (χ1) is 13.5. The van der Waals surface area contributed by atoms with Gasteiger partial charge in [-0.2, -0.15) is 0 Å². The van der Waals surface area contributed by atoms with Crippen LogP contribution in [0.25, 0.3) is 0 Å². The van der Waals surface area contributed by atoms with Gasteiger partial charge in [0.25, 0.3) is 5.91 Å². The van der Waals surface area contributed by atoms with E-state index in [-0.39, 0.29) is 25.5 Å². The number of carbonyl (C=O) groups is 2. The lowest BCUT2D eigenvalue weighted by Gasteiger charge is -2.17. The summed E-state index contributed by atoms with van der Waals surface area (Å²) in [7, 11) is 4.84. The molecule has 0 aliphatic carbocycles. The molecule has 0 aromatic heterocycles. The summed E-state index contributed by atoms with van der Waals surface area (Å²) in [5.74, 6) is 1.34. The molecule has 2 rings (SSSR count). The first-order valence-corrected chi connectivity index (χ1v) is 8.81. The topological polar surface area (TPSA) is 74.3 Å². The minimum Gasteiger partial charge on any atom is -0.497 e. The maximum absolute atomic E-state index is 12.1. The second-order valence-electron chi connectivity index (χ2n) is 6.03. The lowest BCUT2D eigenvalue weighted by atomic mass is 10.2. The third kappa shape index (κ3) is 6.83. The minimum absolute atomic E-state index is 0.0570. The normalized spacial score (nSPS) is 10.1. The van der Waals surface area contributed by atoms with Crippen LogP contribution >= 0.6 is 0 Å². The van der Waals surface area contributed by atoms with Gasteiger partial charge >= 0.3 is 5.97 Å². The Kier molecular flexibility index (Phi) is 8.14. The summed E-state index contributed by atoms with van der Waals surface area (Å²) >= 11 is 0. The highest BCUT2D eigenvalue weighted by atomic mass is 16.5. The molecule has 0 fully saturated rings. The Balaban J connectivity index is 1.66. The zero-order valence-corrected chi connectivity index (χ0v) is 16.3. The Hall–Kier alpha value is -3.22. The van der Waals surface area contributed by atoms with Gasteiger partial charge in [-0.25, -0.2) is 0 Å². The van der Waals surface area contributed by atoms with Crippen molar-refractivity contribution in [1.29, 1.82) is 0 Å². The van der Waals surface area contributed by atoms with Crippen molar-refractivity contribution in [2.24, 2.45) is 0 Å². The number of hydrogen-bond acceptors (Lipinski definition) is 6. The second kappa shape index (κ2) is 10.8. The molecule has 0 N–H and O–H groups in total. The van der Waals surface area contributed by atoms with E-state index in [0.29, 0.717) is 12.3 Å². The Bertz CT molecular complexity index is 757. The average molecular weight is 387 g/mol. The summed E-state index contributed by atoms with van der Waals surface area (Å²) in [6, 6.07) is 14.5. The van der Waals surface area contributed by atoms with E-state index in [1.807, 2.05) is 24.3 Å². The fourth-order valence-corrected chi connectivity index (χ4v) is 2.34. The third-order valence-corrected chi connectivity index (χ3v) is 4.00. The summed E-state index contributed by atoms with van der Waals surface area (Å²) in [6.45, 7) is 0.288. The van der Waals surface area contributed by atoms with E-state index in [9.17, 15) is 9.59 Å². The van der Waals surface area contributed by atoms with Crippen LogP contribution in [-0.2, 0) is 20.9 Å². The smallest absolute Gasteiger partial charge is 0.309 e. The number of rotatable bonds is 10. The molecule has 0 heterocycles. The van der Waals surface area contributed by atoms with Crippen molar-refractivity contribution in [2.45, 2.75) is 13.0 Å². The molecule has 0 aliphatic rings. The molecule has 7 heteroatoms. The van der Waals surface area contributed by atoms with Crippen LogP contribution in [-0.4, -0.2) is 51.3 Å². The summed E-state index contributed by atoms with van der Waals surface area (Å²) in [4.78, 5) is 25.4. The van der Waals surface area contributed by atoms with Gasteiger partial charge in [0.15, 0.2) is 6.61 Å². The molecule has 2 aromatic rings. The molecule has 28 heavy (non-hydrogen) atoms. The van der Waals surface area contributed by atoms with Gasteiger partial charge in [-0.1, -0.05) is 12.1 Å². The molecule has 0 radical (unpaired) electrons. The van der Waals surface area contributed by atoms with Gasteiger partial charge < -0.3 is 23.8 Å². The van der Waals surface area contributed by atoms with E-state index >= 15 is 0 Å². The molecule has 0 saturated carbocycles. The molecular formula is C21H25NO6. The van der Waals surface area contributed by atoms with Crippen molar-refractivity contribution in [2.75, 3.05) is 34.5 Å². The quantitative estimate of drug-likeness (QED) is 0.584. The van der Waals surface area contributed by atoms with Crippen LogP contribution in [0.3, 0.4) is 0 Å². The highest BCUT2D eigenvalue weighted by Crippen LogP contribution is 2.17. The fourth-order valence-electron chi connectivity index (χ4n) is 2.34. The standard InChI is InChI=1S/C21H25NO6/c1-22(14-16-4-6-17(25-2)7-5-16)20(23)15-28-21(24)12-13-27-19-10-8-18(26-3)9-11-19/h4-11H,12-15H2,1-3H3. The van der Waals surface area contributed by atoms with Crippen LogP contribution in [0.4, 0.5) is 0 Å². The van der Waals surface area contributed by atoms with Gasteiger partial charge in [0.05, 0.1) is 27.2 Å². The van der Waals surface area contributed by atoms with Gasteiger partial charge in [0.2, 0.25) is 0 Å². The Morgan fingerprint density at radius 3 is 1.96 bits per heavy atom. The SMILES string of the molecule is COc1ccc(CN(C)C(=O)COC(=O)CCOc2ccc(OC)cc2)cc1. The lowest BCUT2D eigenvalue weighted by molar-refractivity contribution is -0.152. The van der Waals surface area contributed by atoms with Crippen LogP contribution in [0.1, 0.15) is 12.0 Å². The molecule has 1 amide bonds. The van der Waals surface area contributed by atoms with Crippen LogP contribution in [0.15, 0.2) is 48.5 Å². The van der Waals surface area contributed by atoms with Crippen LogP contribution in [0.5, 0.6) is 17.2 Å².